The first-order valence-electron chi connectivity index (χ1n) is 10.4. The molecule has 1 saturated carbocycles. The fraction of sp³-hybridized carbons (Fsp3) is 0.440. The molecule has 2 heteroatoms. The van der Waals surface area contributed by atoms with Crippen LogP contribution in [0, 0.1) is 5.92 Å². The van der Waals surface area contributed by atoms with Crippen molar-refractivity contribution in [3.8, 4) is 0 Å². The standard InChI is InChI=1S/C25H34OSi/c1-5-13-21-14-12-15-22(20-21)26-27(25(2,3)4,23-16-8-6-9-17-23)24-18-10-7-11-19-24/h5-11,16-19,21-22H,1,12-15,20H2,2-4H3. The maximum absolute atomic E-state index is 7.30. The second-order valence-electron chi connectivity index (χ2n) is 8.96. The van der Waals surface area contributed by atoms with Crippen LogP contribution in [0.4, 0.5) is 0 Å². The van der Waals surface area contributed by atoms with Crippen molar-refractivity contribution in [2.24, 2.45) is 5.92 Å². The highest BCUT2D eigenvalue weighted by Crippen LogP contribution is 2.40. The molecule has 2 aromatic carbocycles. The van der Waals surface area contributed by atoms with Crippen LogP contribution in [0.3, 0.4) is 0 Å². The molecular formula is C25H34OSi. The zero-order chi connectivity index (χ0) is 19.3. The summed E-state index contributed by atoms with van der Waals surface area (Å²) >= 11 is 0. The molecule has 1 fully saturated rings. The third-order valence-corrected chi connectivity index (χ3v) is 11.1. The van der Waals surface area contributed by atoms with E-state index in [4.69, 9.17) is 4.43 Å². The Labute approximate surface area is 166 Å². The van der Waals surface area contributed by atoms with Gasteiger partial charge in [-0.3, -0.25) is 0 Å². The Bertz CT molecular complexity index is 677. The monoisotopic (exact) mass is 378 g/mol. The molecule has 2 aromatic rings. The minimum Gasteiger partial charge on any atom is -0.404 e. The minimum absolute atomic E-state index is 0.0566. The topological polar surface area (TPSA) is 9.23 Å². The van der Waals surface area contributed by atoms with E-state index in [2.05, 4.69) is 94.1 Å². The van der Waals surface area contributed by atoms with Gasteiger partial charge in [-0.05, 0) is 47.0 Å². The van der Waals surface area contributed by atoms with Gasteiger partial charge in [0.1, 0.15) is 0 Å². The highest BCUT2D eigenvalue weighted by atomic mass is 28.4. The average Bonchev–Trinajstić information content (AvgIpc) is 2.67. The smallest absolute Gasteiger partial charge is 0.261 e. The van der Waals surface area contributed by atoms with Crippen LogP contribution >= 0.6 is 0 Å². The van der Waals surface area contributed by atoms with Crippen LogP contribution in [0.25, 0.3) is 0 Å². The quantitative estimate of drug-likeness (QED) is 0.463. The van der Waals surface area contributed by atoms with Crippen LogP contribution in [-0.4, -0.2) is 14.4 Å². The summed E-state index contributed by atoms with van der Waals surface area (Å²) in [5, 5.41) is 2.82. The molecule has 0 N–H and O–H groups in total. The van der Waals surface area contributed by atoms with Crippen molar-refractivity contribution in [3.63, 3.8) is 0 Å². The molecule has 0 saturated heterocycles. The van der Waals surface area contributed by atoms with Crippen LogP contribution in [0.15, 0.2) is 73.3 Å². The lowest BCUT2D eigenvalue weighted by molar-refractivity contribution is 0.114. The van der Waals surface area contributed by atoms with Crippen molar-refractivity contribution in [3.05, 3.63) is 73.3 Å². The minimum atomic E-state index is -2.42. The highest BCUT2D eigenvalue weighted by Gasteiger charge is 2.51. The zero-order valence-corrected chi connectivity index (χ0v) is 18.2. The van der Waals surface area contributed by atoms with Crippen molar-refractivity contribution in [2.45, 2.75) is 64.0 Å². The number of allylic oxidation sites excluding steroid dienone is 1. The van der Waals surface area contributed by atoms with Crippen molar-refractivity contribution in [2.75, 3.05) is 0 Å². The Morgan fingerprint density at radius 2 is 1.52 bits per heavy atom. The zero-order valence-electron chi connectivity index (χ0n) is 17.2. The molecule has 0 aromatic heterocycles. The van der Waals surface area contributed by atoms with Crippen molar-refractivity contribution in [1.29, 1.82) is 0 Å². The van der Waals surface area contributed by atoms with Gasteiger partial charge in [-0.1, -0.05) is 93.9 Å². The number of hydrogen-bond donors (Lipinski definition) is 0. The van der Waals surface area contributed by atoms with Gasteiger partial charge < -0.3 is 4.43 Å². The number of rotatable bonds is 6. The number of benzene rings is 2. The maximum atomic E-state index is 7.30. The van der Waals surface area contributed by atoms with E-state index in [-0.39, 0.29) is 5.04 Å². The van der Waals surface area contributed by atoms with Crippen LogP contribution in [0.2, 0.25) is 5.04 Å². The lowest BCUT2D eigenvalue weighted by Crippen LogP contribution is -2.67. The SMILES string of the molecule is C=CCC1CCCC(O[Si](c2ccccc2)(c2ccccc2)C(C)(C)C)C1. The van der Waals surface area contributed by atoms with Crippen molar-refractivity contribution >= 4 is 18.7 Å². The lowest BCUT2D eigenvalue weighted by Gasteiger charge is -2.46. The molecule has 3 rings (SSSR count). The van der Waals surface area contributed by atoms with E-state index in [1.165, 1.54) is 29.6 Å². The first-order chi connectivity index (χ1) is 13.0. The summed E-state index contributed by atoms with van der Waals surface area (Å²) in [7, 11) is -2.42. The first-order valence-corrected chi connectivity index (χ1v) is 12.3. The molecule has 27 heavy (non-hydrogen) atoms. The Balaban J connectivity index is 2.05. The molecular weight excluding hydrogens is 344 g/mol. The third-order valence-electron chi connectivity index (χ3n) is 5.99. The van der Waals surface area contributed by atoms with Crippen LogP contribution in [-0.2, 0) is 4.43 Å². The molecule has 0 amide bonds. The van der Waals surface area contributed by atoms with E-state index in [1.54, 1.807) is 0 Å². The average molecular weight is 379 g/mol. The third kappa shape index (κ3) is 4.28. The molecule has 0 aliphatic heterocycles. The van der Waals surface area contributed by atoms with Gasteiger partial charge in [0.25, 0.3) is 8.32 Å². The Morgan fingerprint density at radius 1 is 0.963 bits per heavy atom. The molecule has 1 aliphatic rings. The number of hydrogen-bond acceptors (Lipinski definition) is 1. The summed E-state index contributed by atoms with van der Waals surface area (Å²) in [5.41, 5.74) is 0. The van der Waals surface area contributed by atoms with Gasteiger partial charge in [-0.15, -0.1) is 6.58 Å². The van der Waals surface area contributed by atoms with Gasteiger partial charge >= 0.3 is 0 Å². The second-order valence-corrected chi connectivity index (χ2v) is 13.2. The molecule has 1 aliphatic carbocycles. The van der Waals surface area contributed by atoms with Crippen LogP contribution < -0.4 is 10.4 Å². The Hall–Kier alpha value is -1.64. The van der Waals surface area contributed by atoms with E-state index in [1.807, 2.05) is 0 Å². The first kappa shape index (κ1) is 20.1. The fourth-order valence-electron chi connectivity index (χ4n) is 4.74. The molecule has 0 spiro atoms. The normalized spacial score (nSPS) is 21.0. The van der Waals surface area contributed by atoms with Gasteiger partial charge in [-0.2, -0.15) is 0 Å². The Morgan fingerprint density at radius 3 is 2.00 bits per heavy atom. The van der Waals surface area contributed by atoms with Crippen LogP contribution in [0.1, 0.15) is 52.9 Å². The molecule has 144 valence electrons. The van der Waals surface area contributed by atoms with E-state index >= 15 is 0 Å². The van der Waals surface area contributed by atoms with E-state index in [0.717, 1.165) is 18.8 Å². The summed E-state index contributed by atoms with van der Waals surface area (Å²) in [4.78, 5) is 0. The maximum Gasteiger partial charge on any atom is 0.261 e. The molecule has 2 atom stereocenters. The van der Waals surface area contributed by atoms with Gasteiger partial charge in [0.2, 0.25) is 0 Å². The highest BCUT2D eigenvalue weighted by molar-refractivity contribution is 6.99. The molecule has 0 radical (unpaired) electrons. The van der Waals surface area contributed by atoms with Gasteiger partial charge in [0.15, 0.2) is 0 Å². The summed E-state index contributed by atoms with van der Waals surface area (Å²) in [6, 6.07) is 22.0. The van der Waals surface area contributed by atoms with E-state index < -0.39 is 8.32 Å². The molecule has 0 bridgehead atoms. The fourth-order valence-corrected chi connectivity index (χ4v) is 9.47. The van der Waals surface area contributed by atoms with E-state index in [9.17, 15) is 0 Å². The van der Waals surface area contributed by atoms with Crippen LogP contribution in [0.5, 0.6) is 0 Å². The summed E-state index contributed by atoms with van der Waals surface area (Å²) in [6.45, 7) is 11.0. The molecule has 2 unspecified atom stereocenters. The molecule has 1 nitrogen and oxygen atoms in total. The summed E-state index contributed by atoms with van der Waals surface area (Å²) < 4.78 is 7.30. The lowest BCUT2D eigenvalue weighted by atomic mass is 9.85. The van der Waals surface area contributed by atoms with Crippen molar-refractivity contribution in [1.82, 2.24) is 0 Å². The van der Waals surface area contributed by atoms with Gasteiger partial charge in [0, 0.05) is 6.10 Å². The second kappa shape index (κ2) is 8.58. The summed E-state index contributed by atoms with van der Waals surface area (Å²) in [5.74, 6) is 0.722. The summed E-state index contributed by atoms with van der Waals surface area (Å²) in [6.07, 6.45) is 8.45. The van der Waals surface area contributed by atoms with Gasteiger partial charge in [0.05, 0.1) is 0 Å². The largest absolute Gasteiger partial charge is 0.404 e. The van der Waals surface area contributed by atoms with E-state index in [0.29, 0.717) is 6.10 Å². The Kier molecular flexibility index (Phi) is 6.39. The van der Waals surface area contributed by atoms with Gasteiger partial charge in [-0.25, -0.2) is 0 Å². The molecule has 0 heterocycles. The predicted molar refractivity (Wildman–Crippen MR) is 119 cm³/mol. The predicted octanol–water partition coefficient (Wildman–Crippen LogP) is 5.70. The van der Waals surface area contributed by atoms with Crippen molar-refractivity contribution < 1.29 is 4.43 Å².